The molecule has 1 aromatic heterocycles. The zero-order valence-corrected chi connectivity index (χ0v) is 17.3. The summed E-state index contributed by atoms with van der Waals surface area (Å²) in [7, 11) is 0. The molecule has 0 amide bonds. The number of quaternary nitrogens is 1. The Morgan fingerprint density at radius 3 is 2.62 bits per heavy atom. The number of thiocarbonyl (C=S) groups is 1. The van der Waals surface area contributed by atoms with Gasteiger partial charge >= 0.3 is 0 Å². The largest absolute Gasteiger partial charge is 0.344 e. The molecule has 0 bridgehead atoms. The van der Waals surface area contributed by atoms with Gasteiger partial charge in [0.05, 0.1) is 26.2 Å². The van der Waals surface area contributed by atoms with Crippen LogP contribution in [0.15, 0.2) is 41.8 Å². The van der Waals surface area contributed by atoms with E-state index >= 15 is 0 Å². The predicted molar refractivity (Wildman–Crippen MR) is 116 cm³/mol. The van der Waals surface area contributed by atoms with E-state index in [4.69, 9.17) is 12.2 Å². The second kappa shape index (κ2) is 10.0. The Kier molecular flexibility index (Phi) is 7.47. The number of nitrogens with zero attached hydrogens (tertiary/aromatic N) is 1. The van der Waals surface area contributed by atoms with Crippen LogP contribution in [-0.4, -0.2) is 36.2 Å². The van der Waals surface area contributed by atoms with E-state index in [9.17, 15) is 0 Å². The van der Waals surface area contributed by atoms with E-state index < -0.39 is 0 Å². The Hall–Kier alpha value is -1.43. The van der Waals surface area contributed by atoms with Gasteiger partial charge in [-0.1, -0.05) is 23.8 Å². The summed E-state index contributed by atoms with van der Waals surface area (Å²) in [6, 6.07) is 12.8. The van der Waals surface area contributed by atoms with Crippen molar-refractivity contribution in [3.63, 3.8) is 0 Å². The lowest BCUT2D eigenvalue weighted by atomic mass is 10.1. The minimum absolute atomic E-state index is 0.830. The van der Waals surface area contributed by atoms with E-state index in [2.05, 4.69) is 58.9 Å². The molecule has 2 N–H and O–H groups in total. The Morgan fingerprint density at radius 2 is 1.92 bits per heavy atom. The molecule has 1 saturated heterocycles. The average Bonchev–Trinajstić information content (AvgIpc) is 3.17. The monoisotopic (exact) mass is 388 g/mol. The lowest BCUT2D eigenvalue weighted by molar-refractivity contribution is -0.905. The van der Waals surface area contributed by atoms with Crippen molar-refractivity contribution in [3.05, 3.63) is 52.2 Å². The predicted octanol–water partition coefficient (Wildman–Crippen LogP) is 3.71. The highest BCUT2D eigenvalue weighted by Gasteiger charge is 2.16. The van der Waals surface area contributed by atoms with Crippen LogP contribution in [0.5, 0.6) is 0 Å². The molecule has 0 atom stereocenters. The zero-order chi connectivity index (χ0) is 18.2. The van der Waals surface area contributed by atoms with Gasteiger partial charge in [-0.15, -0.1) is 11.3 Å². The van der Waals surface area contributed by atoms with Crippen molar-refractivity contribution in [2.75, 3.05) is 31.5 Å². The first-order chi connectivity index (χ1) is 12.7. The number of thiophene rings is 1. The second-order valence-electron chi connectivity index (χ2n) is 7.21. The van der Waals surface area contributed by atoms with Crippen LogP contribution in [0.25, 0.3) is 0 Å². The maximum atomic E-state index is 5.75. The van der Waals surface area contributed by atoms with E-state index in [0.717, 1.165) is 23.9 Å². The molecule has 1 fully saturated rings. The molecular weight excluding hydrogens is 358 g/mol. The lowest BCUT2D eigenvalue weighted by Crippen LogP contribution is -3.12. The summed E-state index contributed by atoms with van der Waals surface area (Å²) in [5.74, 6) is 0. The Labute approximate surface area is 167 Å². The van der Waals surface area contributed by atoms with Gasteiger partial charge in [-0.25, -0.2) is 0 Å². The topological polar surface area (TPSA) is 19.7 Å². The summed E-state index contributed by atoms with van der Waals surface area (Å²) in [6.07, 6.45) is 5.39. The number of piperidine rings is 1. The highest BCUT2D eigenvalue weighted by atomic mass is 32.1. The summed E-state index contributed by atoms with van der Waals surface area (Å²) in [4.78, 5) is 5.46. The number of nitrogens with one attached hydrogen (secondary N) is 2. The fraction of sp³-hybridized carbons (Fsp3) is 0.476. The summed E-state index contributed by atoms with van der Waals surface area (Å²) in [5.41, 5.74) is 2.33. The van der Waals surface area contributed by atoms with Gasteiger partial charge in [0, 0.05) is 23.5 Å². The molecule has 2 aromatic rings. The molecule has 0 saturated carbocycles. The van der Waals surface area contributed by atoms with E-state index in [1.165, 1.54) is 55.8 Å². The van der Waals surface area contributed by atoms with Gasteiger partial charge in [0.1, 0.15) is 0 Å². The average molecular weight is 389 g/mol. The summed E-state index contributed by atoms with van der Waals surface area (Å²) < 4.78 is 0. The SMILES string of the molecule is Cc1ccc(NC(=S)N(CCC[NH+]2CCCCC2)Cc2cccs2)cc1. The van der Waals surface area contributed by atoms with Gasteiger partial charge in [-0.3, -0.25) is 0 Å². The number of hydrogen-bond donors (Lipinski definition) is 2. The molecule has 3 rings (SSSR count). The van der Waals surface area contributed by atoms with E-state index in [-0.39, 0.29) is 0 Å². The number of likely N-dealkylation sites (tertiary alicyclic amines) is 1. The Balaban J connectivity index is 1.56. The fourth-order valence-electron chi connectivity index (χ4n) is 3.50. The summed E-state index contributed by atoms with van der Waals surface area (Å²) >= 11 is 7.55. The molecule has 1 aliphatic rings. The van der Waals surface area contributed by atoms with Crippen molar-refractivity contribution in [1.29, 1.82) is 0 Å². The summed E-state index contributed by atoms with van der Waals surface area (Å²) in [5, 5.41) is 6.40. The Bertz CT molecular complexity index is 661. The van der Waals surface area contributed by atoms with E-state index in [0.29, 0.717) is 0 Å². The van der Waals surface area contributed by atoms with Gasteiger partial charge in [-0.05, 0) is 62.0 Å². The molecule has 1 aliphatic heterocycles. The van der Waals surface area contributed by atoms with Gasteiger partial charge in [0.2, 0.25) is 0 Å². The smallest absolute Gasteiger partial charge is 0.173 e. The van der Waals surface area contributed by atoms with Crippen LogP contribution in [0.4, 0.5) is 5.69 Å². The van der Waals surface area contributed by atoms with Gasteiger partial charge in [-0.2, -0.15) is 0 Å². The molecular formula is C21H30N3S2+. The molecule has 0 aliphatic carbocycles. The molecule has 2 heterocycles. The minimum atomic E-state index is 0.830. The van der Waals surface area contributed by atoms with Crippen LogP contribution in [-0.2, 0) is 6.54 Å². The number of rotatable bonds is 7. The van der Waals surface area contributed by atoms with Gasteiger partial charge in [0.15, 0.2) is 5.11 Å². The molecule has 26 heavy (non-hydrogen) atoms. The molecule has 0 spiro atoms. The zero-order valence-electron chi connectivity index (χ0n) is 15.7. The first-order valence-corrected chi connectivity index (χ1v) is 11.0. The van der Waals surface area contributed by atoms with Gasteiger partial charge in [0.25, 0.3) is 0 Å². The second-order valence-corrected chi connectivity index (χ2v) is 8.63. The molecule has 0 radical (unpaired) electrons. The highest BCUT2D eigenvalue weighted by molar-refractivity contribution is 7.80. The maximum absolute atomic E-state index is 5.75. The molecule has 5 heteroatoms. The number of anilines is 1. The van der Waals surface area contributed by atoms with Gasteiger partial charge < -0.3 is 15.1 Å². The number of aryl methyl sites for hydroxylation is 1. The molecule has 1 aromatic carbocycles. The Morgan fingerprint density at radius 1 is 1.15 bits per heavy atom. The van der Waals surface area contributed by atoms with Crippen molar-refractivity contribution in [1.82, 2.24) is 4.90 Å². The van der Waals surface area contributed by atoms with Crippen LogP contribution < -0.4 is 10.2 Å². The normalized spacial score (nSPS) is 15.0. The lowest BCUT2D eigenvalue weighted by Gasteiger charge is -2.28. The van der Waals surface area contributed by atoms with Crippen molar-refractivity contribution in [2.24, 2.45) is 0 Å². The fourth-order valence-corrected chi connectivity index (χ4v) is 4.50. The van der Waals surface area contributed by atoms with E-state index in [1.54, 1.807) is 16.2 Å². The van der Waals surface area contributed by atoms with Crippen molar-refractivity contribution in [2.45, 2.75) is 39.2 Å². The summed E-state index contributed by atoms with van der Waals surface area (Å²) in [6.45, 7) is 7.96. The first-order valence-electron chi connectivity index (χ1n) is 9.69. The number of benzene rings is 1. The van der Waals surface area contributed by atoms with Crippen LogP contribution in [0.1, 0.15) is 36.1 Å². The van der Waals surface area contributed by atoms with Crippen LogP contribution in [0.2, 0.25) is 0 Å². The third-order valence-corrected chi connectivity index (χ3v) is 6.26. The number of hydrogen-bond acceptors (Lipinski definition) is 2. The third kappa shape index (κ3) is 6.08. The van der Waals surface area contributed by atoms with E-state index in [1.807, 2.05) is 0 Å². The quantitative estimate of drug-likeness (QED) is 0.706. The van der Waals surface area contributed by atoms with Crippen LogP contribution in [0.3, 0.4) is 0 Å². The van der Waals surface area contributed by atoms with Crippen molar-refractivity contribution in [3.8, 4) is 0 Å². The van der Waals surface area contributed by atoms with Crippen LogP contribution >= 0.6 is 23.6 Å². The highest BCUT2D eigenvalue weighted by Crippen LogP contribution is 2.15. The third-order valence-electron chi connectivity index (χ3n) is 5.04. The molecule has 0 unspecified atom stereocenters. The molecule has 140 valence electrons. The van der Waals surface area contributed by atoms with Crippen LogP contribution in [0, 0.1) is 6.92 Å². The maximum Gasteiger partial charge on any atom is 0.173 e. The van der Waals surface area contributed by atoms with Crippen molar-refractivity contribution >= 4 is 34.4 Å². The minimum Gasteiger partial charge on any atom is -0.344 e. The van der Waals surface area contributed by atoms with Crippen molar-refractivity contribution < 1.29 is 4.90 Å². The molecule has 3 nitrogen and oxygen atoms in total. The first kappa shape index (κ1) is 19.3. The standard InChI is InChI=1S/C21H29N3S2/c1-18-8-10-19(11-9-18)22-21(25)24(17-20-7-5-16-26-20)15-6-14-23-12-3-2-4-13-23/h5,7-11,16H,2-4,6,12-15,17H2,1H3,(H,22,25)/p+1.